The van der Waals surface area contributed by atoms with Crippen LogP contribution >= 0.6 is 0 Å². The molecule has 0 aliphatic rings. The molecule has 1 aromatic rings. The Morgan fingerprint density at radius 3 is 2.33 bits per heavy atom. The third kappa shape index (κ3) is 4.61. The number of rotatable bonds is 9. The normalized spacial score (nSPS) is 12.7. The minimum atomic E-state index is 0.118. The molecule has 1 rings (SSSR count). The van der Waals surface area contributed by atoms with Gasteiger partial charge in [0.2, 0.25) is 0 Å². The van der Waals surface area contributed by atoms with Gasteiger partial charge in [-0.25, -0.2) is 0 Å². The Morgan fingerprint density at radius 2 is 1.86 bits per heavy atom. The second-order valence-corrected chi connectivity index (χ2v) is 5.41. The molecule has 0 aliphatic carbocycles. The molecule has 4 heteroatoms. The monoisotopic (exact) mass is 294 g/mol. The van der Waals surface area contributed by atoms with Gasteiger partial charge in [-0.1, -0.05) is 26.8 Å². The van der Waals surface area contributed by atoms with Gasteiger partial charge in [0.05, 0.1) is 6.61 Å². The highest BCUT2D eigenvalue weighted by molar-refractivity contribution is 5.54. The summed E-state index contributed by atoms with van der Waals surface area (Å²) in [6, 6.07) is 6.34. The van der Waals surface area contributed by atoms with Crippen LogP contribution in [0.4, 0.5) is 5.69 Å². The second kappa shape index (κ2) is 8.90. The Hall–Kier alpha value is -1.26. The fourth-order valence-electron chi connectivity index (χ4n) is 2.85. The fraction of sp³-hybridized carbons (Fsp3) is 0.647. The molecule has 0 saturated carbocycles. The highest BCUT2D eigenvalue weighted by Crippen LogP contribution is 2.30. The lowest BCUT2D eigenvalue weighted by atomic mass is 10.0. The number of nitrogens with one attached hydrogen (secondary N) is 1. The van der Waals surface area contributed by atoms with Gasteiger partial charge in [0, 0.05) is 35.9 Å². The first-order chi connectivity index (χ1) is 10.1. The predicted molar refractivity (Wildman–Crippen MR) is 89.0 cm³/mol. The summed E-state index contributed by atoms with van der Waals surface area (Å²) in [5.41, 5.74) is 1.89. The second-order valence-electron chi connectivity index (χ2n) is 5.41. The van der Waals surface area contributed by atoms with Gasteiger partial charge in [0.15, 0.2) is 0 Å². The molecule has 0 amide bonds. The molecule has 21 heavy (non-hydrogen) atoms. The molecule has 0 aromatic heterocycles. The van der Waals surface area contributed by atoms with Crippen LogP contribution in [0.15, 0.2) is 18.2 Å². The first-order valence-corrected chi connectivity index (χ1v) is 8.02. The molecular weight excluding hydrogens is 264 g/mol. The van der Waals surface area contributed by atoms with Gasteiger partial charge in [-0.2, -0.15) is 0 Å². The van der Waals surface area contributed by atoms with Crippen molar-refractivity contribution < 1.29 is 10.2 Å². The van der Waals surface area contributed by atoms with Crippen molar-refractivity contribution >= 4 is 5.69 Å². The summed E-state index contributed by atoms with van der Waals surface area (Å²) < 4.78 is 0. The van der Waals surface area contributed by atoms with Crippen molar-refractivity contribution in [3.05, 3.63) is 23.8 Å². The lowest BCUT2D eigenvalue weighted by Crippen LogP contribution is -2.36. The number of hydrogen-bond acceptors (Lipinski definition) is 4. The minimum absolute atomic E-state index is 0.118. The van der Waals surface area contributed by atoms with E-state index >= 15 is 0 Å². The van der Waals surface area contributed by atoms with Crippen LogP contribution in [0.1, 0.15) is 52.1 Å². The van der Waals surface area contributed by atoms with Crippen LogP contribution in [-0.2, 0) is 0 Å². The molecule has 1 aromatic carbocycles. The van der Waals surface area contributed by atoms with Crippen molar-refractivity contribution in [3.8, 4) is 5.75 Å². The van der Waals surface area contributed by atoms with Crippen molar-refractivity contribution in [1.82, 2.24) is 5.32 Å². The standard InChI is InChI=1S/C17H30N2O2/c1-5-14(6-2)19(10-11-20)15-8-9-16(17(21)12-15)13(4)18-7-3/h8-9,12-14,18,20-21H,5-7,10-11H2,1-4H3. The first kappa shape index (κ1) is 17.8. The maximum absolute atomic E-state index is 10.3. The molecule has 0 bridgehead atoms. The first-order valence-electron chi connectivity index (χ1n) is 8.02. The minimum Gasteiger partial charge on any atom is -0.508 e. The highest BCUT2D eigenvalue weighted by Gasteiger charge is 2.17. The summed E-state index contributed by atoms with van der Waals surface area (Å²) in [7, 11) is 0. The number of aliphatic hydroxyl groups excluding tert-OH is 1. The zero-order valence-electron chi connectivity index (χ0n) is 13.8. The number of aromatic hydroxyl groups is 1. The van der Waals surface area contributed by atoms with Gasteiger partial charge >= 0.3 is 0 Å². The van der Waals surface area contributed by atoms with E-state index in [-0.39, 0.29) is 12.6 Å². The number of anilines is 1. The molecule has 1 unspecified atom stereocenters. The average molecular weight is 294 g/mol. The Kier molecular flexibility index (Phi) is 7.54. The Labute approximate surface area is 128 Å². The molecule has 1 atom stereocenters. The molecule has 0 fully saturated rings. The van der Waals surface area contributed by atoms with Crippen molar-refractivity contribution in [1.29, 1.82) is 0 Å². The van der Waals surface area contributed by atoms with Gasteiger partial charge in [0.1, 0.15) is 5.75 Å². The lowest BCUT2D eigenvalue weighted by molar-refractivity contribution is 0.296. The number of aliphatic hydroxyl groups is 1. The van der Waals surface area contributed by atoms with E-state index in [4.69, 9.17) is 0 Å². The third-order valence-electron chi connectivity index (χ3n) is 4.05. The quantitative estimate of drug-likeness (QED) is 0.655. The molecule has 0 aliphatic heterocycles. The zero-order valence-corrected chi connectivity index (χ0v) is 13.8. The van der Waals surface area contributed by atoms with E-state index < -0.39 is 0 Å². The van der Waals surface area contributed by atoms with E-state index in [1.165, 1.54) is 0 Å². The van der Waals surface area contributed by atoms with Gasteiger partial charge in [-0.05, 0) is 32.4 Å². The molecule has 0 radical (unpaired) electrons. The largest absolute Gasteiger partial charge is 0.508 e. The van der Waals surface area contributed by atoms with Gasteiger partial charge in [0.25, 0.3) is 0 Å². The lowest BCUT2D eigenvalue weighted by Gasteiger charge is -2.32. The fourth-order valence-corrected chi connectivity index (χ4v) is 2.85. The van der Waals surface area contributed by atoms with Gasteiger partial charge in [-0.3, -0.25) is 0 Å². The summed E-state index contributed by atoms with van der Waals surface area (Å²) in [5, 5.41) is 22.9. The van der Waals surface area contributed by atoms with E-state index in [1.807, 2.05) is 25.1 Å². The van der Waals surface area contributed by atoms with Crippen molar-refractivity contribution in [2.24, 2.45) is 0 Å². The van der Waals surface area contributed by atoms with Crippen LogP contribution in [0.3, 0.4) is 0 Å². The summed E-state index contributed by atoms with van der Waals surface area (Å²) in [5.74, 6) is 0.315. The molecule has 0 heterocycles. The van der Waals surface area contributed by atoms with Crippen LogP contribution in [0, 0.1) is 0 Å². The molecule has 120 valence electrons. The van der Waals surface area contributed by atoms with Crippen molar-refractivity contribution in [2.45, 2.75) is 52.6 Å². The maximum Gasteiger partial charge on any atom is 0.122 e. The third-order valence-corrected chi connectivity index (χ3v) is 4.05. The van der Waals surface area contributed by atoms with Crippen molar-refractivity contribution in [2.75, 3.05) is 24.6 Å². The number of phenolic OH excluding ortho intramolecular Hbond substituents is 1. The smallest absolute Gasteiger partial charge is 0.122 e. The number of nitrogens with zero attached hydrogens (tertiary/aromatic N) is 1. The zero-order chi connectivity index (χ0) is 15.8. The number of phenols is 1. The van der Waals surface area contributed by atoms with E-state index in [1.54, 1.807) is 0 Å². The summed E-state index contributed by atoms with van der Waals surface area (Å²) in [6.07, 6.45) is 2.04. The van der Waals surface area contributed by atoms with Crippen LogP contribution in [0.5, 0.6) is 5.75 Å². The maximum atomic E-state index is 10.3. The van der Waals surface area contributed by atoms with E-state index in [0.29, 0.717) is 18.3 Å². The summed E-state index contributed by atoms with van der Waals surface area (Å²) in [6.45, 7) is 9.98. The van der Waals surface area contributed by atoms with E-state index in [9.17, 15) is 10.2 Å². The SMILES string of the molecule is CCNC(C)c1ccc(N(CCO)C(CC)CC)cc1O. The molecule has 0 saturated heterocycles. The molecule has 4 nitrogen and oxygen atoms in total. The van der Waals surface area contributed by atoms with Crippen LogP contribution in [0.2, 0.25) is 0 Å². The topological polar surface area (TPSA) is 55.7 Å². The Balaban J connectivity index is 3.03. The summed E-state index contributed by atoms with van der Waals surface area (Å²) in [4.78, 5) is 2.18. The van der Waals surface area contributed by atoms with Gasteiger partial charge in [-0.15, -0.1) is 0 Å². The van der Waals surface area contributed by atoms with Crippen LogP contribution in [0.25, 0.3) is 0 Å². The Morgan fingerprint density at radius 1 is 1.19 bits per heavy atom. The Bertz CT molecular complexity index is 419. The van der Waals surface area contributed by atoms with E-state index in [2.05, 4.69) is 31.0 Å². The number of benzene rings is 1. The van der Waals surface area contributed by atoms with Gasteiger partial charge < -0.3 is 20.4 Å². The number of hydrogen-bond donors (Lipinski definition) is 3. The predicted octanol–water partition coefficient (Wildman–Crippen LogP) is 3.05. The molecule has 3 N–H and O–H groups in total. The highest BCUT2D eigenvalue weighted by atomic mass is 16.3. The summed E-state index contributed by atoms with van der Waals surface area (Å²) >= 11 is 0. The average Bonchev–Trinajstić information content (AvgIpc) is 2.47. The van der Waals surface area contributed by atoms with E-state index in [0.717, 1.165) is 30.6 Å². The molecular formula is C17H30N2O2. The van der Waals surface area contributed by atoms with Crippen LogP contribution in [-0.4, -0.2) is 36.0 Å². The molecule has 0 spiro atoms. The van der Waals surface area contributed by atoms with Crippen molar-refractivity contribution in [3.63, 3.8) is 0 Å². The van der Waals surface area contributed by atoms with Crippen LogP contribution < -0.4 is 10.2 Å².